The third-order valence-electron chi connectivity index (χ3n) is 3.03. The molecule has 1 aliphatic heterocycles. The van der Waals surface area contributed by atoms with E-state index < -0.39 is 0 Å². The molecule has 0 bridgehead atoms. The second-order valence-corrected chi connectivity index (χ2v) is 4.05. The number of nitrogen functional groups attached to an aromatic ring is 1. The number of pyridine rings is 1. The summed E-state index contributed by atoms with van der Waals surface area (Å²) in [6.45, 7) is 1.81. The van der Waals surface area contributed by atoms with Crippen molar-refractivity contribution in [1.82, 2.24) is 4.98 Å². The van der Waals surface area contributed by atoms with Crippen LogP contribution in [0.5, 0.6) is 0 Å². The van der Waals surface area contributed by atoms with E-state index in [1.807, 2.05) is 24.4 Å². The first-order chi connectivity index (χ1) is 7.84. The van der Waals surface area contributed by atoms with Crippen molar-refractivity contribution in [2.45, 2.75) is 13.1 Å². The molecule has 0 aliphatic carbocycles. The van der Waals surface area contributed by atoms with Crippen LogP contribution >= 0.6 is 0 Å². The summed E-state index contributed by atoms with van der Waals surface area (Å²) < 4.78 is 0. The average molecular weight is 211 g/mol. The second-order valence-electron chi connectivity index (χ2n) is 4.05. The molecule has 0 spiro atoms. The summed E-state index contributed by atoms with van der Waals surface area (Å²) in [5, 5.41) is 0. The molecule has 1 aliphatic rings. The number of anilines is 2. The average Bonchev–Trinajstić information content (AvgIpc) is 2.76. The van der Waals surface area contributed by atoms with Gasteiger partial charge < -0.3 is 10.6 Å². The van der Waals surface area contributed by atoms with Gasteiger partial charge >= 0.3 is 0 Å². The first-order valence-electron chi connectivity index (χ1n) is 5.36. The van der Waals surface area contributed by atoms with Crippen LogP contribution in [0.25, 0.3) is 0 Å². The van der Waals surface area contributed by atoms with E-state index in [-0.39, 0.29) is 0 Å². The molecule has 3 nitrogen and oxygen atoms in total. The third kappa shape index (κ3) is 1.41. The molecule has 1 aromatic carbocycles. The van der Waals surface area contributed by atoms with Gasteiger partial charge in [0, 0.05) is 25.0 Å². The third-order valence-corrected chi connectivity index (χ3v) is 3.03. The summed E-state index contributed by atoms with van der Waals surface area (Å²) in [6, 6.07) is 10.2. The van der Waals surface area contributed by atoms with E-state index >= 15 is 0 Å². The lowest BCUT2D eigenvalue weighted by Crippen LogP contribution is -2.14. The van der Waals surface area contributed by atoms with E-state index in [9.17, 15) is 0 Å². The predicted octanol–water partition coefficient (Wildman–Crippen LogP) is 2.18. The molecule has 16 heavy (non-hydrogen) atoms. The fourth-order valence-electron chi connectivity index (χ4n) is 2.17. The van der Waals surface area contributed by atoms with Gasteiger partial charge in [-0.2, -0.15) is 0 Å². The lowest BCUT2D eigenvalue weighted by molar-refractivity contribution is 0.876. The van der Waals surface area contributed by atoms with Crippen LogP contribution in [0.4, 0.5) is 11.4 Å². The van der Waals surface area contributed by atoms with Crippen molar-refractivity contribution < 1.29 is 0 Å². The summed E-state index contributed by atoms with van der Waals surface area (Å²) >= 11 is 0. The van der Waals surface area contributed by atoms with Gasteiger partial charge in [0.15, 0.2) is 0 Å². The quantitative estimate of drug-likeness (QED) is 0.735. The SMILES string of the molecule is Nc1cccc2c1CN(c1cccnc1)C2. The molecule has 0 atom stereocenters. The molecule has 0 amide bonds. The summed E-state index contributed by atoms with van der Waals surface area (Å²) in [5.41, 5.74) is 10.6. The molecule has 80 valence electrons. The van der Waals surface area contributed by atoms with E-state index in [2.05, 4.69) is 22.0 Å². The topological polar surface area (TPSA) is 42.1 Å². The van der Waals surface area contributed by atoms with Crippen LogP contribution < -0.4 is 10.6 Å². The highest BCUT2D eigenvalue weighted by atomic mass is 15.1. The Morgan fingerprint density at radius 3 is 2.81 bits per heavy atom. The van der Waals surface area contributed by atoms with Crippen molar-refractivity contribution in [2.24, 2.45) is 0 Å². The lowest BCUT2D eigenvalue weighted by Gasteiger charge is -2.16. The zero-order valence-corrected chi connectivity index (χ0v) is 8.93. The Balaban J connectivity index is 1.94. The molecule has 0 fully saturated rings. The number of rotatable bonds is 1. The van der Waals surface area contributed by atoms with Gasteiger partial charge in [0.2, 0.25) is 0 Å². The van der Waals surface area contributed by atoms with Crippen LogP contribution in [-0.4, -0.2) is 4.98 Å². The summed E-state index contributed by atoms with van der Waals surface area (Å²) in [4.78, 5) is 6.43. The molecule has 2 heterocycles. The summed E-state index contributed by atoms with van der Waals surface area (Å²) in [6.07, 6.45) is 3.68. The minimum atomic E-state index is 0.883. The smallest absolute Gasteiger partial charge is 0.0558 e. The Bertz CT molecular complexity index is 508. The van der Waals surface area contributed by atoms with Crippen molar-refractivity contribution >= 4 is 11.4 Å². The standard InChI is InChI=1S/C13H13N3/c14-13-5-1-3-10-8-16(9-12(10)13)11-4-2-6-15-7-11/h1-7H,8-9,14H2. The van der Waals surface area contributed by atoms with Gasteiger partial charge in [0.25, 0.3) is 0 Å². The number of nitrogens with two attached hydrogens (primary N) is 1. The van der Waals surface area contributed by atoms with Crippen LogP contribution in [0, 0.1) is 0 Å². The monoisotopic (exact) mass is 211 g/mol. The van der Waals surface area contributed by atoms with Crippen molar-refractivity contribution in [2.75, 3.05) is 10.6 Å². The Hall–Kier alpha value is -2.03. The van der Waals surface area contributed by atoms with E-state index in [0.717, 1.165) is 24.5 Å². The number of benzene rings is 1. The highest BCUT2D eigenvalue weighted by molar-refractivity contribution is 5.59. The number of nitrogens with zero attached hydrogens (tertiary/aromatic N) is 2. The van der Waals surface area contributed by atoms with E-state index in [0.29, 0.717) is 0 Å². The van der Waals surface area contributed by atoms with Crippen LogP contribution in [0.1, 0.15) is 11.1 Å². The number of hydrogen-bond donors (Lipinski definition) is 1. The maximum Gasteiger partial charge on any atom is 0.0558 e. The Morgan fingerprint density at radius 2 is 2.06 bits per heavy atom. The largest absolute Gasteiger partial charge is 0.398 e. The highest BCUT2D eigenvalue weighted by Gasteiger charge is 2.20. The Morgan fingerprint density at radius 1 is 1.12 bits per heavy atom. The van der Waals surface area contributed by atoms with Gasteiger partial charge in [-0.1, -0.05) is 12.1 Å². The molecule has 1 aromatic heterocycles. The van der Waals surface area contributed by atoms with Gasteiger partial charge in [0.05, 0.1) is 11.9 Å². The van der Waals surface area contributed by atoms with Crippen molar-refractivity contribution in [1.29, 1.82) is 0 Å². The molecule has 0 saturated heterocycles. The van der Waals surface area contributed by atoms with Crippen molar-refractivity contribution in [3.05, 3.63) is 53.9 Å². The number of fused-ring (bicyclic) bond motifs is 1. The van der Waals surface area contributed by atoms with Crippen LogP contribution in [-0.2, 0) is 13.1 Å². The fourth-order valence-corrected chi connectivity index (χ4v) is 2.17. The number of aromatic nitrogens is 1. The molecule has 0 saturated carbocycles. The first kappa shape index (κ1) is 9.21. The Kier molecular flexibility index (Phi) is 2.03. The molecule has 3 heteroatoms. The zero-order chi connectivity index (χ0) is 11.0. The van der Waals surface area contributed by atoms with Gasteiger partial charge in [-0.05, 0) is 29.3 Å². The summed E-state index contributed by atoms with van der Waals surface area (Å²) in [5.74, 6) is 0. The predicted molar refractivity (Wildman–Crippen MR) is 65.0 cm³/mol. The van der Waals surface area contributed by atoms with Crippen LogP contribution in [0.2, 0.25) is 0 Å². The molecule has 2 aromatic rings. The molecule has 0 unspecified atom stereocenters. The van der Waals surface area contributed by atoms with Gasteiger partial charge in [-0.3, -0.25) is 4.98 Å². The van der Waals surface area contributed by atoms with E-state index in [4.69, 9.17) is 5.73 Å². The molecule has 0 radical (unpaired) electrons. The molecular formula is C13H13N3. The Labute approximate surface area is 94.5 Å². The fraction of sp³-hybridized carbons (Fsp3) is 0.154. The molecule has 3 rings (SSSR count). The van der Waals surface area contributed by atoms with Crippen molar-refractivity contribution in [3.8, 4) is 0 Å². The van der Waals surface area contributed by atoms with Crippen LogP contribution in [0.15, 0.2) is 42.7 Å². The number of hydrogen-bond acceptors (Lipinski definition) is 3. The van der Waals surface area contributed by atoms with Gasteiger partial charge in [0.1, 0.15) is 0 Å². The highest BCUT2D eigenvalue weighted by Crippen LogP contribution is 2.30. The van der Waals surface area contributed by atoms with Crippen molar-refractivity contribution in [3.63, 3.8) is 0 Å². The second kappa shape index (κ2) is 3.52. The summed E-state index contributed by atoms with van der Waals surface area (Å²) in [7, 11) is 0. The minimum Gasteiger partial charge on any atom is -0.398 e. The van der Waals surface area contributed by atoms with Crippen LogP contribution in [0.3, 0.4) is 0 Å². The first-order valence-corrected chi connectivity index (χ1v) is 5.36. The molecule has 2 N–H and O–H groups in total. The van der Waals surface area contributed by atoms with E-state index in [1.54, 1.807) is 6.20 Å². The van der Waals surface area contributed by atoms with Gasteiger partial charge in [-0.15, -0.1) is 0 Å². The van der Waals surface area contributed by atoms with E-state index in [1.165, 1.54) is 11.1 Å². The lowest BCUT2D eigenvalue weighted by atomic mass is 10.1. The maximum atomic E-state index is 5.97. The van der Waals surface area contributed by atoms with Gasteiger partial charge in [-0.25, -0.2) is 0 Å². The zero-order valence-electron chi connectivity index (χ0n) is 8.93. The molecular weight excluding hydrogens is 198 g/mol. The normalized spacial score (nSPS) is 13.9. The minimum absolute atomic E-state index is 0.883. The maximum absolute atomic E-state index is 5.97.